The zero-order valence-corrected chi connectivity index (χ0v) is 11.4. The molecule has 20 heavy (non-hydrogen) atoms. The van der Waals surface area contributed by atoms with Crippen LogP contribution in [0.15, 0.2) is 36.5 Å². The van der Waals surface area contributed by atoms with Gasteiger partial charge >= 0.3 is 5.97 Å². The summed E-state index contributed by atoms with van der Waals surface area (Å²) in [5.41, 5.74) is 2.54. The van der Waals surface area contributed by atoms with Gasteiger partial charge in [0.1, 0.15) is 0 Å². The third kappa shape index (κ3) is 2.71. The molecule has 0 saturated heterocycles. The highest BCUT2D eigenvalue weighted by Gasteiger charge is 2.14. The summed E-state index contributed by atoms with van der Waals surface area (Å²) in [6.07, 6.45) is 2.34. The lowest BCUT2D eigenvalue weighted by atomic mass is 10.2. The molecule has 0 fully saturated rings. The van der Waals surface area contributed by atoms with Gasteiger partial charge in [-0.3, -0.25) is 4.79 Å². The van der Waals surface area contributed by atoms with E-state index in [2.05, 4.69) is 5.32 Å². The van der Waals surface area contributed by atoms with E-state index in [1.165, 1.54) is 6.92 Å². The topological polar surface area (TPSA) is 71.3 Å². The fourth-order valence-corrected chi connectivity index (χ4v) is 2.20. The molecule has 1 heterocycles. The van der Waals surface area contributed by atoms with Crippen molar-refractivity contribution in [2.24, 2.45) is 0 Å². The second-order valence-electron chi connectivity index (χ2n) is 4.44. The summed E-state index contributed by atoms with van der Waals surface area (Å²) in [5.74, 6) is -1.07. The van der Waals surface area contributed by atoms with E-state index in [9.17, 15) is 9.59 Å². The first kappa shape index (κ1) is 13.9. The number of rotatable bonds is 4. The van der Waals surface area contributed by atoms with Crippen LogP contribution in [-0.4, -0.2) is 21.6 Å². The fraction of sp³-hybridized carbons (Fsp3) is 0.200. The van der Waals surface area contributed by atoms with Gasteiger partial charge in [-0.1, -0.05) is 13.0 Å². The van der Waals surface area contributed by atoms with Gasteiger partial charge in [-0.25, -0.2) is 4.79 Å². The Hall–Kier alpha value is -2.56. The van der Waals surface area contributed by atoms with Crippen molar-refractivity contribution in [3.63, 3.8) is 0 Å². The molecule has 0 spiro atoms. The third-order valence-electron chi connectivity index (χ3n) is 3.00. The third-order valence-corrected chi connectivity index (χ3v) is 3.00. The zero-order chi connectivity index (χ0) is 14.7. The van der Waals surface area contributed by atoms with Crippen molar-refractivity contribution in [1.29, 1.82) is 0 Å². The molecular formula is C15H16N2O3. The Labute approximate surface area is 116 Å². The summed E-state index contributed by atoms with van der Waals surface area (Å²) in [7, 11) is 0. The smallest absolute Gasteiger partial charge is 0.337 e. The van der Waals surface area contributed by atoms with Crippen LogP contribution in [0, 0.1) is 0 Å². The Balaban J connectivity index is 2.46. The minimum absolute atomic E-state index is 0.142. The van der Waals surface area contributed by atoms with Gasteiger partial charge in [-0.2, -0.15) is 0 Å². The lowest BCUT2D eigenvalue weighted by molar-refractivity contribution is -0.114. The number of benzene rings is 1. The van der Waals surface area contributed by atoms with Crippen LogP contribution in [0.1, 0.15) is 29.9 Å². The van der Waals surface area contributed by atoms with Gasteiger partial charge < -0.3 is 15.0 Å². The van der Waals surface area contributed by atoms with E-state index in [1.807, 2.05) is 29.7 Å². The molecule has 1 amide bonds. The molecule has 2 rings (SSSR count). The van der Waals surface area contributed by atoms with Gasteiger partial charge in [0.05, 0.1) is 5.56 Å². The van der Waals surface area contributed by atoms with Crippen LogP contribution < -0.4 is 5.32 Å². The molecule has 1 aromatic carbocycles. The van der Waals surface area contributed by atoms with Gasteiger partial charge in [-0.15, -0.1) is 0 Å². The van der Waals surface area contributed by atoms with Crippen LogP contribution in [0.2, 0.25) is 0 Å². The number of amides is 1. The standard InChI is InChI=1S/C15H16N2O3/c1-3-14-13(15(19)20)7-8-17(14)12-6-4-5-11(9-12)16-10(2)18/h4-9H,3H2,1-2H3,(H,16,18)(H,19,20). The van der Waals surface area contributed by atoms with E-state index in [1.54, 1.807) is 18.3 Å². The van der Waals surface area contributed by atoms with Crippen molar-refractivity contribution in [3.8, 4) is 5.69 Å². The number of anilines is 1. The molecule has 0 bridgehead atoms. The number of carbonyl (C=O) groups is 2. The predicted octanol–water partition coefficient (Wildman–Crippen LogP) is 2.70. The quantitative estimate of drug-likeness (QED) is 0.898. The lowest BCUT2D eigenvalue weighted by Gasteiger charge is -2.10. The summed E-state index contributed by atoms with van der Waals surface area (Å²) in [5, 5.41) is 11.9. The van der Waals surface area contributed by atoms with E-state index in [0.717, 1.165) is 11.4 Å². The van der Waals surface area contributed by atoms with Crippen LogP contribution in [0.3, 0.4) is 0 Å². The zero-order valence-electron chi connectivity index (χ0n) is 11.4. The summed E-state index contributed by atoms with van der Waals surface area (Å²) >= 11 is 0. The van der Waals surface area contributed by atoms with E-state index in [0.29, 0.717) is 17.7 Å². The first-order chi connectivity index (χ1) is 9.52. The number of nitrogens with one attached hydrogen (secondary N) is 1. The number of carbonyl (C=O) groups excluding carboxylic acids is 1. The normalized spacial score (nSPS) is 10.3. The molecule has 0 aliphatic rings. The van der Waals surface area contributed by atoms with Crippen LogP contribution in [0.5, 0.6) is 0 Å². The van der Waals surface area contributed by atoms with E-state index in [-0.39, 0.29) is 5.91 Å². The highest BCUT2D eigenvalue weighted by molar-refractivity contribution is 5.90. The molecule has 2 N–H and O–H groups in total. The monoisotopic (exact) mass is 272 g/mol. The first-order valence-electron chi connectivity index (χ1n) is 6.34. The van der Waals surface area contributed by atoms with E-state index < -0.39 is 5.97 Å². The lowest BCUT2D eigenvalue weighted by Crippen LogP contribution is -2.07. The molecule has 0 aliphatic heterocycles. The number of carboxylic acid groups (broad SMARTS) is 1. The van der Waals surface area contributed by atoms with Crippen LogP contribution in [0.25, 0.3) is 5.69 Å². The fourth-order valence-electron chi connectivity index (χ4n) is 2.20. The number of nitrogens with zero attached hydrogens (tertiary/aromatic N) is 1. The Morgan fingerprint density at radius 2 is 2.05 bits per heavy atom. The van der Waals surface area contributed by atoms with Crippen molar-refractivity contribution in [2.45, 2.75) is 20.3 Å². The number of carboxylic acids is 1. The molecule has 0 saturated carbocycles. The molecular weight excluding hydrogens is 256 g/mol. The predicted molar refractivity (Wildman–Crippen MR) is 76.4 cm³/mol. The molecule has 0 radical (unpaired) electrons. The number of aromatic nitrogens is 1. The van der Waals surface area contributed by atoms with Crippen molar-refractivity contribution in [1.82, 2.24) is 4.57 Å². The molecule has 2 aromatic rings. The minimum atomic E-state index is -0.932. The van der Waals surface area contributed by atoms with Crippen LogP contribution >= 0.6 is 0 Å². The van der Waals surface area contributed by atoms with Gasteiger partial charge in [0.2, 0.25) is 5.91 Å². The van der Waals surface area contributed by atoms with Crippen molar-refractivity contribution in [3.05, 3.63) is 47.8 Å². The SMILES string of the molecule is CCc1c(C(=O)O)ccn1-c1cccc(NC(C)=O)c1. The maximum atomic E-state index is 11.2. The first-order valence-corrected chi connectivity index (χ1v) is 6.34. The summed E-state index contributed by atoms with van der Waals surface area (Å²) in [4.78, 5) is 22.2. The maximum Gasteiger partial charge on any atom is 0.337 e. The largest absolute Gasteiger partial charge is 0.478 e. The highest BCUT2D eigenvalue weighted by Crippen LogP contribution is 2.21. The summed E-state index contributed by atoms with van der Waals surface area (Å²) < 4.78 is 1.83. The molecule has 1 aromatic heterocycles. The van der Waals surface area contributed by atoms with Crippen LogP contribution in [-0.2, 0) is 11.2 Å². The van der Waals surface area contributed by atoms with Crippen LogP contribution in [0.4, 0.5) is 5.69 Å². The summed E-state index contributed by atoms with van der Waals surface area (Å²) in [6.45, 7) is 3.36. The Kier molecular flexibility index (Phi) is 3.89. The highest BCUT2D eigenvalue weighted by atomic mass is 16.4. The van der Waals surface area contributed by atoms with Gasteiger partial charge in [0, 0.05) is 30.2 Å². The summed E-state index contributed by atoms with van der Waals surface area (Å²) in [6, 6.07) is 8.88. The molecule has 0 unspecified atom stereocenters. The Morgan fingerprint density at radius 3 is 2.65 bits per heavy atom. The molecule has 0 atom stereocenters. The van der Waals surface area contributed by atoms with Gasteiger partial charge in [0.25, 0.3) is 0 Å². The number of hydrogen-bond acceptors (Lipinski definition) is 2. The van der Waals surface area contributed by atoms with E-state index >= 15 is 0 Å². The number of hydrogen-bond donors (Lipinski definition) is 2. The Morgan fingerprint density at radius 1 is 1.30 bits per heavy atom. The maximum absolute atomic E-state index is 11.2. The molecule has 5 nitrogen and oxygen atoms in total. The van der Waals surface area contributed by atoms with Gasteiger partial charge in [-0.05, 0) is 30.7 Å². The second kappa shape index (κ2) is 5.61. The molecule has 5 heteroatoms. The van der Waals surface area contributed by atoms with Crippen molar-refractivity contribution in [2.75, 3.05) is 5.32 Å². The average Bonchev–Trinajstić information content (AvgIpc) is 2.82. The van der Waals surface area contributed by atoms with Crippen molar-refractivity contribution < 1.29 is 14.7 Å². The second-order valence-corrected chi connectivity index (χ2v) is 4.44. The average molecular weight is 272 g/mol. The van der Waals surface area contributed by atoms with E-state index in [4.69, 9.17) is 5.11 Å². The number of aromatic carboxylic acids is 1. The minimum Gasteiger partial charge on any atom is -0.478 e. The molecule has 0 aliphatic carbocycles. The van der Waals surface area contributed by atoms with Gasteiger partial charge in [0.15, 0.2) is 0 Å². The Bertz CT molecular complexity index is 659. The van der Waals surface area contributed by atoms with Crippen molar-refractivity contribution >= 4 is 17.6 Å². The molecule has 104 valence electrons.